The van der Waals surface area contributed by atoms with Gasteiger partial charge < -0.3 is 0 Å². The molecule has 1 heterocycles. The number of pyridine rings is 1. The molecular weight excluding hydrogens is 347 g/mol. The molecule has 2 aromatic rings. The largest absolute Gasteiger partial charge is 0.416 e. The molecule has 1 aromatic carbocycles. The van der Waals surface area contributed by atoms with E-state index in [1.165, 1.54) is 12.1 Å². The van der Waals surface area contributed by atoms with Crippen molar-refractivity contribution in [2.24, 2.45) is 0 Å². The summed E-state index contributed by atoms with van der Waals surface area (Å²) < 4.78 is 38.1. The SMILES string of the molecule is O=C(Cc1ccc(C(F)(F)F)cc1)Cc1ccc(Br)cn1. The Hall–Kier alpha value is -1.69. The highest BCUT2D eigenvalue weighted by atomic mass is 79.9. The topological polar surface area (TPSA) is 30.0 Å². The lowest BCUT2D eigenvalue weighted by atomic mass is 10.0. The average Bonchev–Trinajstić information content (AvgIpc) is 2.41. The Balaban J connectivity index is 1.98. The van der Waals surface area contributed by atoms with Crippen LogP contribution in [0.1, 0.15) is 16.8 Å². The van der Waals surface area contributed by atoms with Crippen LogP contribution in [-0.2, 0) is 23.8 Å². The molecule has 0 aliphatic carbocycles. The van der Waals surface area contributed by atoms with Gasteiger partial charge in [0.1, 0.15) is 5.78 Å². The molecule has 2 nitrogen and oxygen atoms in total. The fourth-order valence-electron chi connectivity index (χ4n) is 1.81. The van der Waals surface area contributed by atoms with E-state index in [2.05, 4.69) is 20.9 Å². The molecule has 6 heteroatoms. The molecule has 0 saturated heterocycles. The molecule has 21 heavy (non-hydrogen) atoms. The molecule has 0 amide bonds. The van der Waals surface area contributed by atoms with E-state index in [0.29, 0.717) is 11.3 Å². The van der Waals surface area contributed by atoms with Gasteiger partial charge in [-0.3, -0.25) is 9.78 Å². The molecule has 0 bridgehead atoms. The summed E-state index contributed by atoms with van der Waals surface area (Å²) in [4.78, 5) is 16.0. The second-order valence-electron chi connectivity index (χ2n) is 4.55. The van der Waals surface area contributed by atoms with Crippen LogP contribution in [0.4, 0.5) is 13.2 Å². The van der Waals surface area contributed by atoms with Crippen LogP contribution in [0.3, 0.4) is 0 Å². The molecule has 0 radical (unpaired) electrons. The highest BCUT2D eigenvalue weighted by molar-refractivity contribution is 9.10. The lowest BCUT2D eigenvalue weighted by Gasteiger charge is -2.07. The molecule has 0 saturated carbocycles. The monoisotopic (exact) mass is 357 g/mol. The van der Waals surface area contributed by atoms with Crippen molar-refractivity contribution < 1.29 is 18.0 Å². The van der Waals surface area contributed by atoms with Crippen LogP contribution in [0.15, 0.2) is 47.1 Å². The van der Waals surface area contributed by atoms with Crippen molar-refractivity contribution in [3.63, 3.8) is 0 Å². The van der Waals surface area contributed by atoms with E-state index in [-0.39, 0.29) is 18.6 Å². The van der Waals surface area contributed by atoms with Gasteiger partial charge in [-0.1, -0.05) is 12.1 Å². The van der Waals surface area contributed by atoms with E-state index < -0.39 is 11.7 Å². The standard InChI is InChI=1S/C15H11BrF3NO/c16-12-5-6-13(20-9-12)8-14(21)7-10-1-3-11(4-2-10)15(17,18)19/h1-6,9H,7-8H2. The third-order valence-corrected chi connectivity index (χ3v) is 3.32. The highest BCUT2D eigenvalue weighted by Crippen LogP contribution is 2.29. The van der Waals surface area contributed by atoms with E-state index in [1.54, 1.807) is 18.3 Å². The van der Waals surface area contributed by atoms with Gasteiger partial charge in [0, 0.05) is 29.2 Å². The molecule has 0 unspecified atom stereocenters. The van der Waals surface area contributed by atoms with Crippen LogP contribution in [0.2, 0.25) is 0 Å². The maximum absolute atomic E-state index is 12.4. The summed E-state index contributed by atoms with van der Waals surface area (Å²) >= 11 is 3.25. The first kappa shape index (κ1) is 15.7. The van der Waals surface area contributed by atoms with Crippen molar-refractivity contribution in [3.8, 4) is 0 Å². The number of hydrogen-bond donors (Lipinski definition) is 0. The van der Waals surface area contributed by atoms with Crippen molar-refractivity contribution in [2.75, 3.05) is 0 Å². The van der Waals surface area contributed by atoms with E-state index in [1.807, 2.05) is 0 Å². The van der Waals surface area contributed by atoms with Crippen LogP contribution in [0.25, 0.3) is 0 Å². The average molecular weight is 358 g/mol. The zero-order valence-corrected chi connectivity index (χ0v) is 12.4. The molecular formula is C15H11BrF3NO. The lowest BCUT2D eigenvalue weighted by Crippen LogP contribution is -2.09. The maximum atomic E-state index is 12.4. The first-order chi connectivity index (χ1) is 9.84. The number of ketones is 1. The minimum absolute atomic E-state index is 0.0930. The molecule has 0 spiro atoms. The first-order valence-electron chi connectivity index (χ1n) is 6.13. The van der Waals surface area contributed by atoms with Crippen LogP contribution in [-0.4, -0.2) is 10.8 Å². The second kappa shape index (κ2) is 6.39. The normalized spacial score (nSPS) is 11.4. The smallest absolute Gasteiger partial charge is 0.299 e. The quantitative estimate of drug-likeness (QED) is 0.819. The number of carbonyl (C=O) groups is 1. The number of aromatic nitrogens is 1. The molecule has 0 fully saturated rings. The van der Waals surface area contributed by atoms with E-state index in [0.717, 1.165) is 16.6 Å². The van der Waals surface area contributed by atoms with Gasteiger partial charge in [0.2, 0.25) is 0 Å². The summed E-state index contributed by atoms with van der Waals surface area (Å²) in [6, 6.07) is 8.15. The number of rotatable bonds is 4. The predicted molar refractivity (Wildman–Crippen MR) is 75.8 cm³/mol. The highest BCUT2D eigenvalue weighted by Gasteiger charge is 2.29. The van der Waals surface area contributed by atoms with E-state index in [4.69, 9.17) is 0 Å². The Morgan fingerprint density at radius 1 is 1.05 bits per heavy atom. The zero-order valence-electron chi connectivity index (χ0n) is 10.8. The number of benzene rings is 1. The van der Waals surface area contributed by atoms with Gasteiger partial charge >= 0.3 is 6.18 Å². The van der Waals surface area contributed by atoms with Crippen LogP contribution in [0, 0.1) is 0 Å². The fraction of sp³-hybridized carbons (Fsp3) is 0.200. The van der Waals surface area contributed by atoms with Gasteiger partial charge in [-0.15, -0.1) is 0 Å². The van der Waals surface area contributed by atoms with Crippen LogP contribution < -0.4 is 0 Å². The molecule has 0 aliphatic heterocycles. The Morgan fingerprint density at radius 3 is 2.24 bits per heavy atom. The molecule has 2 rings (SSSR count). The van der Waals surface area contributed by atoms with E-state index >= 15 is 0 Å². The number of hydrogen-bond acceptors (Lipinski definition) is 2. The minimum atomic E-state index is -4.36. The third-order valence-electron chi connectivity index (χ3n) is 2.85. The van der Waals surface area contributed by atoms with Gasteiger partial charge in [0.25, 0.3) is 0 Å². The molecule has 0 aliphatic rings. The van der Waals surface area contributed by atoms with Gasteiger partial charge in [-0.25, -0.2) is 0 Å². The number of halogens is 4. The van der Waals surface area contributed by atoms with Gasteiger partial charge in [0.05, 0.1) is 5.56 Å². The van der Waals surface area contributed by atoms with Crippen molar-refractivity contribution in [1.29, 1.82) is 0 Å². The Morgan fingerprint density at radius 2 is 1.71 bits per heavy atom. The van der Waals surface area contributed by atoms with E-state index in [9.17, 15) is 18.0 Å². The molecule has 0 atom stereocenters. The Kier molecular flexibility index (Phi) is 4.77. The molecule has 0 N–H and O–H groups in total. The van der Waals surface area contributed by atoms with Crippen molar-refractivity contribution in [3.05, 3.63) is 63.9 Å². The van der Waals surface area contributed by atoms with Crippen LogP contribution in [0.5, 0.6) is 0 Å². The number of nitrogens with zero attached hydrogens (tertiary/aromatic N) is 1. The molecule has 110 valence electrons. The maximum Gasteiger partial charge on any atom is 0.416 e. The second-order valence-corrected chi connectivity index (χ2v) is 5.47. The summed E-state index contributed by atoms with van der Waals surface area (Å²) in [6.07, 6.45) is -2.51. The van der Waals surface area contributed by atoms with Gasteiger partial charge in [-0.2, -0.15) is 13.2 Å². The number of carbonyl (C=O) groups excluding carboxylic acids is 1. The summed E-state index contributed by atoms with van der Waals surface area (Å²) in [5.74, 6) is -0.0930. The Labute approximate surface area is 128 Å². The van der Waals surface area contributed by atoms with Gasteiger partial charge in [-0.05, 0) is 45.8 Å². The van der Waals surface area contributed by atoms with Crippen LogP contribution >= 0.6 is 15.9 Å². The number of alkyl halides is 3. The summed E-state index contributed by atoms with van der Waals surface area (Å²) in [6.45, 7) is 0. The Bertz CT molecular complexity index is 621. The lowest BCUT2D eigenvalue weighted by molar-refractivity contribution is -0.137. The predicted octanol–water partition coefficient (Wildman–Crippen LogP) is 4.22. The zero-order chi connectivity index (χ0) is 15.5. The summed E-state index contributed by atoms with van der Waals surface area (Å²) in [5, 5.41) is 0. The molecule has 1 aromatic heterocycles. The fourth-order valence-corrected chi connectivity index (χ4v) is 2.05. The summed E-state index contributed by atoms with van der Waals surface area (Å²) in [5.41, 5.74) is 0.480. The third kappa shape index (κ3) is 4.67. The van der Waals surface area contributed by atoms with Crippen molar-refractivity contribution >= 4 is 21.7 Å². The first-order valence-corrected chi connectivity index (χ1v) is 6.92. The van der Waals surface area contributed by atoms with Crippen molar-refractivity contribution in [2.45, 2.75) is 19.0 Å². The minimum Gasteiger partial charge on any atom is -0.299 e. The van der Waals surface area contributed by atoms with Gasteiger partial charge in [0.15, 0.2) is 0 Å². The number of Topliss-reactive ketones (excluding diaryl/α,β-unsaturated/α-hetero) is 1. The summed E-state index contributed by atoms with van der Waals surface area (Å²) in [7, 11) is 0. The van der Waals surface area contributed by atoms with Crippen molar-refractivity contribution in [1.82, 2.24) is 4.98 Å².